The summed E-state index contributed by atoms with van der Waals surface area (Å²) in [4.78, 5) is 0. The van der Waals surface area contributed by atoms with Crippen LogP contribution in [0.15, 0.2) is 0 Å². The predicted octanol–water partition coefficient (Wildman–Crippen LogP) is -2.22. The molecule has 50 valence electrons. The molecule has 3 heteroatoms. The van der Waals surface area contributed by atoms with Crippen molar-refractivity contribution in [1.29, 1.82) is 0 Å². The molecule has 0 atom stereocenters. The Balaban J connectivity index is -0.0000000800. The molecule has 0 aromatic carbocycles. The van der Waals surface area contributed by atoms with Gasteiger partial charge in [-0.3, -0.25) is 0 Å². The second-order valence-corrected chi connectivity index (χ2v) is 2.17. The molecule has 0 aromatic heterocycles. The minimum atomic E-state index is -0.500. The van der Waals surface area contributed by atoms with E-state index in [1.54, 1.807) is 20.8 Å². The van der Waals surface area contributed by atoms with Crippen LogP contribution in [0.2, 0.25) is 0 Å². The monoisotopic (exact) mass is 167 g/mol. The summed E-state index contributed by atoms with van der Waals surface area (Å²) in [7, 11) is 0. The van der Waals surface area contributed by atoms with Gasteiger partial charge in [-0.15, -0.1) is 0 Å². The molecule has 0 unspecified atom stereocenters. The average Bonchev–Trinajstić information content (AvgIpc) is 0.722. The van der Waals surface area contributed by atoms with Crippen molar-refractivity contribution >= 4 is 0 Å². The van der Waals surface area contributed by atoms with Crippen LogP contribution in [0.4, 0.5) is 0 Å². The fourth-order valence-corrected chi connectivity index (χ4v) is 0. The molecule has 0 aliphatic heterocycles. The van der Waals surface area contributed by atoms with Crippen LogP contribution in [0, 0.1) is 0 Å². The third kappa shape index (κ3) is 274. The maximum atomic E-state index is 8.52. The number of hydrogen-bond donors (Lipinski definition) is 1. The van der Waals surface area contributed by atoms with E-state index in [1.807, 2.05) is 0 Å². The van der Waals surface area contributed by atoms with Crippen molar-refractivity contribution in [2.45, 2.75) is 26.4 Å². The van der Waals surface area contributed by atoms with Crippen LogP contribution in [0.3, 0.4) is 0 Å². The maximum Gasteiger partial charge on any atom is 0.0563 e. The van der Waals surface area contributed by atoms with E-state index < -0.39 is 5.60 Å². The van der Waals surface area contributed by atoms with E-state index in [0.29, 0.717) is 0 Å². The van der Waals surface area contributed by atoms with Crippen molar-refractivity contribution in [1.82, 2.24) is 0 Å². The summed E-state index contributed by atoms with van der Waals surface area (Å²) < 4.78 is 0. The van der Waals surface area contributed by atoms with Crippen molar-refractivity contribution < 1.29 is 34.0 Å². The summed E-state index contributed by atoms with van der Waals surface area (Å²) in [6, 6.07) is 0. The molecule has 1 N–H and O–H groups in total. The Morgan fingerprint density at radius 1 is 1.14 bits per heavy atom. The molecular weight excluding hydrogens is 158 g/mol. The van der Waals surface area contributed by atoms with Gasteiger partial charge in [-0.2, -0.15) is 0 Å². The van der Waals surface area contributed by atoms with Gasteiger partial charge in [0.25, 0.3) is 0 Å². The minimum Gasteiger partial charge on any atom is -1.00 e. The minimum absolute atomic E-state index is 0. The Morgan fingerprint density at radius 2 is 1.14 bits per heavy atom. The summed E-state index contributed by atoms with van der Waals surface area (Å²) in [6.45, 7) is 5.23. The zero-order valence-electron chi connectivity index (χ0n) is 4.64. The smallest absolute Gasteiger partial charge is 0.0563 e. The number of hydrogen-bond acceptors (Lipinski definition) is 1. The maximum absolute atomic E-state index is 8.52. The Bertz CT molecular complexity index is 27.2. The van der Waals surface area contributed by atoms with E-state index in [-0.39, 0.29) is 28.9 Å². The fraction of sp³-hybridized carbons (Fsp3) is 1.00. The summed E-state index contributed by atoms with van der Waals surface area (Å²) in [6.07, 6.45) is 0. The third-order valence-electron chi connectivity index (χ3n) is 0. The van der Waals surface area contributed by atoms with E-state index in [2.05, 4.69) is 0 Å². The summed E-state index contributed by atoms with van der Waals surface area (Å²) in [5.41, 5.74) is -0.500. The summed E-state index contributed by atoms with van der Waals surface area (Å²) in [5.74, 6) is 0. The average molecular weight is 168 g/mol. The normalized spacial score (nSPS) is 8.57. The SMILES string of the molecule is CC(C)(C)O.[Cl-].[Ni]. The number of halogens is 1. The molecule has 0 spiro atoms. The second kappa shape index (κ2) is 4.89. The molecule has 0 bridgehead atoms. The van der Waals surface area contributed by atoms with Crippen molar-refractivity contribution in [3.63, 3.8) is 0 Å². The first-order valence-corrected chi connectivity index (χ1v) is 1.72. The van der Waals surface area contributed by atoms with Crippen LogP contribution in [0.25, 0.3) is 0 Å². The molecule has 0 radical (unpaired) electrons. The van der Waals surface area contributed by atoms with Gasteiger partial charge in [0.1, 0.15) is 0 Å². The van der Waals surface area contributed by atoms with Crippen molar-refractivity contribution in [2.24, 2.45) is 0 Å². The molecule has 0 saturated carbocycles. The first-order valence-electron chi connectivity index (χ1n) is 1.72. The van der Waals surface area contributed by atoms with Gasteiger partial charge in [0, 0.05) is 16.5 Å². The van der Waals surface area contributed by atoms with Gasteiger partial charge < -0.3 is 17.5 Å². The Hall–Kier alpha value is 0.744. The molecule has 0 amide bonds. The van der Waals surface area contributed by atoms with Gasteiger partial charge in [-0.1, -0.05) is 0 Å². The Morgan fingerprint density at radius 3 is 1.14 bits per heavy atom. The zero-order valence-corrected chi connectivity index (χ0v) is 6.38. The predicted molar refractivity (Wildman–Crippen MR) is 22.0 cm³/mol. The van der Waals surface area contributed by atoms with Crippen LogP contribution >= 0.6 is 0 Å². The molecule has 1 nitrogen and oxygen atoms in total. The summed E-state index contributed by atoms with van der Waals surface area (Å²) >= 11 is 0. The van der Waals surface area contributed by atoms with Crippen molar-refractivity contribution in [3.8, 4) is 0 Å². The van der Waals surface area contributed by atoms with Crippen LogP contribution < -0.4 is 12.4 Å². The third-order valence-corrected chi connectivity index (χ3v) is 0. The van der Waals surface area contributed by atoms with Crippen LogP contribution in [0.1, 0.15) is 20.8 Å². The standard InChI is InChI=1S/C4H10O.ClH.Ni/c1-4(2,3)5;;/h5H,1-3H3;1H;/p-1. The van der Waals surface area contributed by atoms with Gasteiger partial charge in [0.05, 0.1) is 5.60 Å². The molecule has 0 rings (SSSR count). The van der Waals surface area contributed by atoms with Crippen LogP contribution in [-0.2, 0) is 16.5 Å². The van der Waals surface area contributed by atoms with E-state index >= 15 is 0 Å². The second-order valence-electron chi connectivity index (χ2n) is 2.17. The molecule has 0 heterocycles. The fourth-order valence-electron chi connectivity index (χ4n) is 0. The first-order chi connectivity index (χ1) is 2.00. The van der Waals surface area contributed by atoms with E-state index in [4.69, 9.17) is 5.11 Å². The van der Waals surface area contributed by atoms with Gasteiger partial charge in [-0.05, 0) is 20.8 Å². The van der Waals surface area contributed by atoms with Crippen LogP contribution in [0.5, 0.6) is 0 Å². The van der Waals surface area contributed by atoms with E-state index in [9.17, 15) is 0 Å². The van der Waals surface area contributed by atoms with Crippen molar-refractivity contribution in [3.05, 3.63) is 0 Å². The quantitative estimate of drug-likeness (QED) is 0.406. The molecule has 0 aromatic rings. The van der Waals surface area contributed by atoms with E-state index in [0.717, 1.165) is 0 Å². The van der Waals surface area contributed by atoms with E-state index in [1.165, 1.54) is 0 Å². The van der Waals surface area contributed by atoms with Gasteiger partial charge in [0.15, 0.2) is 0 Å². The topological polar surface area (TPSA) is 20.2 Å². The molecular formula is C4H10ClNiO-. The Kier molecular flexibility index (Phi) is 10.9. The molecule has 7 heavy (non-hydrogen) atoms. The summed E-state index contributed by atoms with van der Waals surface area (Å²) in [5, 5.41) is 8.52. The van der Waals surface area contributed by atoms with Gasteiger partial charge in [0.2, 0.25) is 0 Å². The molecule has 0 aliphatic carbocycles. The molecule has 0 fully saturated rings. The van der Waals surface area contributed by atoms with Gasteiger partial charge in [-0.25, -0.2) is 0 Å². The molecule has 0 aliphatic rings. The molecule has 0 saturated heterocycles. The Labute approximate surface area is 60.8 Å². The first kappa shape index (κ1) is 15.6. The number of aliphatic hydroxyl groups is 1. The van der Waals surface area contributed by atoms with Crippen LogP contribution in [-0.4, -0.2) is 10.7 Å². The van der Waals surface area contributed by atoms with Gasteiger partial charge >= 0.3 is 0 Å². The van der Waals surface area contributed by atoms with Crippen molar-refractivity contribution in [2.75, 3.05) is 0 Å². The number of rotatable bonds is 0. The largest absolute Gasteiger partial charge is 1.00 e. The zero-order chi connectivity index (χ0) is 4.50.